The van der Waals surface area contributed by atoms with Gasteiger partial charge in [0, 0.05) is 38.8 Å². The number of nitrogens with zero attached hydrogens (tertiary/aromatic N) is 2. The number of piperazine rings is 3. The second-order valence-electron chi connectivity index (χ2n) is 3.84. The quantitative estimate of drug-likeness (QED) is 0.560. The predicted molar refractivity (Wildman–Crippen MR) is 53.5 cm³/mol. The van der Waals surface area contributed by atoms with E-state index in [2.05, 4.69) is 21.0 Å². The highest BCUT2D eigenvalue weighted by Crippen LogP contribution is 2.17. The summed E-state index contributed by atoms with van der Waals surface area (Å²) < 4.78 is 0. The first-order valence-corrected chi connectivity index (χ1v) is 4.95. The van der Waals surface area contributed by atoms with Gasteiger partial charge in [-0.3, -0.25) is 9.80 Å². The third-order valence-electron chi connectivity index (χ3n) is 3.20. The van der Waals surface area contributed by atoms with Crippen molar-refractivity contribution >= 4 is 0 Å². The summed E-state index contributed by atoms with van der Waals surface area (Å²) >= 11 is 0. The summed E-state index contributed by atoms with van der Waals surface area (Å²) in [5.41, 5.74) is 0. The van der Waals surface area contributed by atoms with Crippen molar-refractivity contribution in [2.24, 2.45) is 0 Å². The van der Waals surface area contributed by atoms with Crippen LogP contribution < -0.4 is 5.32 Å². The van der Waals surface area contributed by atoms with Gasteiger partial charge in [0.1, 0.15) is 0 Å². The molecule has 0 aromatic rings. The fourth-order valence-electron chi connectivity index (χ4n) is 2.36. The molecule has 0 aromatic carbocycles. The molecule has 1 N–H and O–H groups in total. The van der Waals surface area contributed by atoms with Crippen LogP contribution in [0.2, 0.25) is 0 Å². The molecule has 72 valence electrons. The fourth-order valence-corrected chi connectivity index (χ4v) is 2.36. The second kappa shape index (κ2) is 3.67. The Balaban J connectivity index is 2.04. The van der Waals surface area contributed by atoms with E-state index in [-0.39, 0.29) is 6.04 Å². The van der Waals surface area contributed by atoms with Crippen molar-refractivity contribution in [3.8, 4) is 12.3 Å². The van der Waals surface area contributed by atoms with Crippen LogP contribution in [-0.4, -0.2) is 61.7 Å². The minimum absolute atomic E-state index is 0.211. The highest BCUT2D eigenvalue weighted by Gasteiger charge is 2.35. The first-order valence-electron chi connectivity index (χ1n) is 4.95. The van der Waals surface area contributed by atoms with E-state index >= 15 is 0 Å². The molecule has 3 aliphatic heterocycles. The fraction of sp³-hybridized carbons (Fsp3) is 0.800. The lowest BCUT2D eigenvalue weighted by atomic mass is 10.0. The van der Waals surface area contributed by atoms with Crippen LogP contribution in [-0.2, 0) is 0 Å². The lowest BCUT2D eigenvalue weighted by molar-refractivity contribution is 0.00588. The highest BCUT2D eigenvalue weighted by atomic mass is 15.4. The zero-order valence-electron chi connectivity index (χ0n) is 8.16. The van der Waals surface area contributed by atoms with Crippen LogP contribution >= 0.6 is 0 Å². The molecule has 0 spiro atoms. The summed E-state index contributed by atoms with van der Waals surface area (Å²) in [6.45, 7) is 5.94. The Labute approximate surface area is 80.1 Å². The first kappa shape index (κ1) is 9.01. The standard InChI is InChI=1S/C10H17N3/c1-3-9(11-2)10-8-12-4-6-13(10)7-5-12/h1,9-11H,4-8H2,2H3. The zero-order valence-corrected chi connectivity index (χ0v) is 8.16. The van der Waals surface area contributed by atoms with Crippen molar-refractivity contribution in [1.29, 1.82) is 0 Å². The Morgan fingerprint density at radius 3 is 2.46 bits per heavy atom. The third-order valence-corrected chi connectivity index (χ3v) is 3.20. The predicted octanol–water partition coefficient (Wildman–Crippen LogP) is -0.793. The zero-order chi connectivity index (χ0) is 9.26. The second-order valence-corrected chi connectivity index (χ2v) is 3.84. The summed E-state index contributed by atoms with van der Waals surface area (Å²) in [6, 6.07) is 0.737. The Morgan fingerprint density at radius 1 is 1.38 bits per heavy atom. The van der Waals surface area contributed by atoms with Crippen LogP contribution in [0.15, 0.2) is 0 Å². The average Bonchev–Trinajstić information content (AvgIpc) is 2.22. The number of rotatable bonds is 2. The normalized spacial score (nSPS) is 39.8. The Hall–Kier alpha value is -0.560. The Morgan fingerprint density at radius 2 is 2.08 bits per heavy atom. The van der Waals surface area contributed by atoms with E-state index in [1.165, 1.54) is 26.2 Å². The minimum Gasteiger partial charge on any atom is -0.305 e. The van der Waals surface area contributed by atoms with E-state index in [0.717, 1.165) is 6.54 Å². The number of hydrogen-bond acceptors (Lipinski definition) is 3. The molecule has 3 heteroatoms. The van der Waals surface area contributed by atoms with Crippen molar-refractivity contribution in [2.45, 2.75) is 12.1 Å². The van der Waals surface area contributed by atoms with Gasteiger partial charge >= 0.3 is 0 Å². The summed E-state index contributed by atoms with van der Waals surface area (Å²) in [5.74, 6) is 2.83. The van der Waals surface area contributed by atoms with Gasteiger partial charge in [0.05, 0.1) is 6.04 Å². The molecule has 0 aliphatic carbocycles. The van der Waals surface area contributed by atoms with Crippen LogP contribution in [0.25, 0.3) is 0 Å². The molecule has 2 atom stereocenters. The van der Waals surface area contributed by atoms with Crippen LogP contribution in [0.5, 0.6) is 0 Å². The molecule has 0 saturated carbocycles. The van der Waals surface area contributed by atoms with Crippen LogP contribution in [0.4, 0.5) is 0 Å². The summed E-state index contributed by atoms with van der Waals surface area (Å²) in [6.07, 6.45) is 5.49. The van der Waals surface area contributed by atoms with Crippen molar-refractivity contribution in [2.75, 3.05) is 39.8 Å². The van der Waals surface area contributed by atoms with Crippen LogP contribution in [0, 0.1) is 12.3 Å². The first-order chi connectivity index (χ1) is 6.35. The van der Waals surface area contributed by atoms with Gasteiger partial charge in [0.15, 0.2) is 0 Å². The van der Waals surface area contributed by atoms with Crippen LogP contribution in [0.1, 0.15) is 0 Å². The van der Waals surface area contributed by atoms with Gasteiger partial charge in [-0.05, 0) is 7.05 Å². The van der Waals surface area contributed by atoms with Crippen LogP contribution in [0.3, 0.4) is 0 Å². The van der Waals surface area contributed by atoms with Gasteiger partial charge in [0.2, 0.25) is 0 Å². The van der Waals surface area contributed by atoms with E-state index in [4.69, 9.17) is 6.42 Å². The van der Waals surface area contributed by atoms with E-state index in [9.17, 15) is 0 Å². The van der Waals surface area contributed by atoms with Crippen molar-refractivity contribution < 1.29 is 0 Å². The molecule has 0 radical (unpaired) electrons. The van der Waals surface area contributed by atoms with E-state index in [1.807, 2.05) is 7.05 Å². The lowest BCUT2D eigenvalue weighted by Gasteiger charge is -2.49. The van der Waals surface area contributed by atoms with Gasteiger partial charge < -0.3 is 5.32 Å². The van der Waals surface area contributed by atoms with Gasteiger partial charge in [-0.2, -0.15) is 0 Å². The smallest absolute Gasteiger partial charge is 0.0854 e. The number of terminal acetylenes is 1. The molecule has 3 fully saturated rings. The molecule has 0 amide bonds. The molecule has 3 aliphatic rings. The molecule has 0 aromatic heterocycles. The molecule has 13 heavy (non-hydrogen) atoms. The molecule has 3 rings (SSSR count). The van der Waals surface area contributed by atoms with Gasteiger partial charge in [-0.15, -0.1) is 6.42 Å². The molecular weight excluding hydrogens is 162 g/mol. The minimum atomic E-state index is 0.211. The van der Waals surface area contributed by atoms with Crippen molar-refractivity contribution in [1.82, 2.24) is 15.1 Å². The monoisotopic (exact) mass is 179 g/mol. The Kier molecular flexibility index (Phi) is 2.54. The molecule has 3 saturated heterocycles. The Bertz CT molecular complexity index is 213. The van der Waals surface area contributed by atoms with Crippen molar-refractivity contribution in [3.05, 3.63) is 0 Å². The van der Waals surface area contributed by atoms with E-state index in [1.54, 1.807) is 0 Å². The molecule has 3 nitrogen and oxygen atoms in total. The topological polar surface area (TPSA) is 18.5 Å². The third kappa shape index (κ3) is 1.58. The summed E-state index contributed by atoms with van der Waals surface area (Å²) in [4.78, 5) is 5.02. The van der Waals surface area contributed by atoms with E-state index in [0.29, 0.717) is 6.04 Å². The van der Waals surface area contributed by atoms with E-state index < -0.39 is 0 Å². The highest BCUT2D eigenvalue weighted by molar-refractivity contribution is 5.08. The summed E-state index contributed by atoms with van der Waals surface area (Å²) in [5, 5.41) is 3.20. The summed E-state index contributed by atoms with van der Waals surface area (Å²) in [7, 11) is 1.95. The number of fused-ring (bicyclic) bond motifs is 3. The number of likely N-dealkylation sites (N-methyl/N-ethyl adjacent to an activating group) is 1. The number of nitrogens with one attached hydrogen (secondary N) is 1. The molecule has 2 bridgehead atoms. The van der Waals surface area contributed by atoms with Gasteiger partial charge in [-0.1, -0.05) is 5.92 Å². The molecular formula is C10H17N3. The molecule has 3 heterocycles. The average molecular weight is 179 g/mol. The molecule has 2 unspecified atom stereocenters. The maximum atomic E-state index is 5.49. The van der Waals surface area contributed by atoms with Gasteiger partial charge in [0.25, 0.3) is 0 Å². The largest absolute Gasteiger partial charge is 0.305 e. The van der Waals surface area contributed by atoms with Crippen molar-refractivity contribution in [3.63, 3.8) is 0 Å². The van der Waals surface area contributed by atoms with Gasteiger partial charge in [-0.25, -0.2) is 0 Å². The maximum absolute atomic E-state index is 5.49. The SMILES string of the molecule is C#CC(NC)C1CN2CCN1CC2. The maximum Gasteiger partial charge on any atom is 0.0854 e. The number of hydrogen-bond donors (Lipinski definition) is 1. The lowest BCUT2D eigenvalue weighted by Crippen LogP contribution is -2.65.